The smallest absolute Gasteiger partial charge is 0.238 e. The van der Waals surface area contributed by atoms with Gasteiger partial charge in [0.25, 0.3) is 0 Å². The number of methoxy groups -OCH3 is 1. The zero-order chi connectivity index (χ0) is 14.6. The van der Waals surface area contributed by atoms with Gasteiger partial charge in [-0.2, -0.15) is 0 Å². The van der Waals surface area contributed by atoms with E-state index in [1.165, 1.54) is 6.07 Å². The molecule has 5 nitrogen and oxygen atoms in total. The number of rotatable bonds is 6. The Labute approximate surface area is 114 Å². The molecule has 0 saturated carbocycles. The molecule has 0 spiro atoms. The van der Waals surface area contributed by atoms with Crippen LogP contribution in [0, 0.1) is 0 Å². The van der Waals surface area contributed by atoms with Gasteiger partial charge in [-0.3, -0.25) is 0 Å². The Morgan fingerprint density at radius 1 is 1.26 bits per heavy atom. The van der Waals surface area contributed by atoms with Gasteiger partial charge in [0.2, 0.25) is 10.0 Å². The van der Waals surface area contributed by atoms with Gasteiger partial charge in [-0.25, -0.2) is 13.6 Å². The van der Waals surface area contributed by atoms with Crippen molar-refractivity contribution >= 4 is 10.0 Å². The fourth-order valence-corrected chi connectivity index (χ4v) is 2.11. The monoisotopic (exact) mass is 287 g/mol. The summed E-state index contributed by atoms with van der Waals surface area (Å²) in [4.78, 5) is 0.100. The third-order valence-electron chi connectivity index (χ3n) is 2.81. The van der Waals surface area contributed by atoms with Crippen molar-refractivity contribution in [2.45, 2.75) is 37.7 Å². The van der Waals surface area contributed by atoms with Crippen molar-refractivity contribution in [1.82, 2.24) is 0 Å². The summed E-state index contributed by atoms with van der Waals surface area (Å²) < 4.78 is 33.5. The number of benzene rings is 1. The van der Waals surface area contributed by atoms with Crippen LogP contribution in [0.2, 0.25) is 0 Å². The zero-order valence-corrected chi connectivity index (χ0v) is 12.5. The first-order chi connectivity index (χ1) is 8.75. The Bertz CT molecular complexity index is 525. The summed E-state index contributed by atoms with van der Waals surface area (Å²) in [6.45, 7) is 6.24. The maximum Gasteiger partial charge on any atom is 0.238 e. The molecule has 0 fully saturated rings. The van der Waals surface area contributed by atoms with Crippen LogP contribution in [0.4, 0.5) is 0 Å². The average molecular weight is 287 g/mol. The second-order valence-corrected chi connectivity index (χ2v) is 6.32. The van der Waals surface area contributed by atoms with Crippen molar-refractivity contribution in [2.75, 3.05) is 13.7 Å². The molecule has 0 aromatic heterocycles. The fraction of sp³-hybridized carbons (Fsp3) is 0.538. The fourth-order valence-electron chi connectivity index (χ4n) is 1.56. The highest BCUT2D eigenvalue weighted by Gasteiger charge is 2.15. The second-order valence-electron chi connectivity index (χ2n) is 4.76. The topological polar surface area (TPSA) is 78.6 Å². The first kappa shape index (κ1) is 15.9. The van der Waals surface area contributed by atoms with Gasteiger partial charge in [-0.1, -0.05) is 13.8 Å². The number of nitrogens with two attached hydrogens (primary N) is 1. The molecule has 1 unspecified atom stereocenters. The highest BCUT2D eigenvalue weighted by molar-refractivity contribution is 7.89. The summed E-state index contributed by atoms with van der Waals surface area (Å²) in [6, 6.07) is 4.65. The molecular formula is C13H21NO4S. The van der Waals surface area contributed by atoms with E-state index in [2.05, 4.69) is 0 Å². The molecule has 0 bridgehead atoms. The molecule has 0 saturated heterocycles. The van der Waals surface area contributed by atoms with Crippen LogP contribution in [0.15, 0.2) is 23.1 Å². The summed E-state index contributed by atoms with van der Waals surface area (Å²) in [5.74, 6) is 0.792. The maximum absolute atomic E-state index is 11.3. The number of primary sulfonamides is 1. The van der Waals surface area contributed by atoms with Crippen LogP contribution >= 0.6 is 0 Å². The highest BCUT2D eigenvalue weighted by atomic mass is 32.2. The molecule has 2 N–H and O–H groups in total. The van der Waals surface area contributed by atoms with E-state index < -0.39 is 10.0 Å². The van der Waals surface area contributed by atoms with E-state index in [1.54, 1.807) is 19.2 Å². The van der Waals surface area contributed by atoms with Gasteiger partial charge in [0.05, 0.1) is 11.0 Å². The van der Waals surface area contributed by atoms with Crippen molar-refractivity contribution in [1.29, 1.82) is 0 Å². The number of hydrogen-bond acceptors (Lipinski definition) is 4. The standard InChI is InChI=1S/C13H21NO4S/c1-9(2)12-7-11(19(14,15)16)5-6-13(12)18-8-10(3)17-4/h5-7,9-10H,8H2,1-4H3,(H2,14,15,16). The lowest BCUT2D eigenvalue weighted by Crippen LogP contribution is -2.17. The molecule has 1 aromatic rings. The van der Waals surface area contributed by atoms with E-state index in [0.29, 0.717) is 12.4 Å². The van der Waals surface area contributed by atoms with E-state index in [-0.39, 0.29) is 16.9 Å². The predicted octanol–water partition coefficient (Wildman–Crippen LogP) is 1.87. The summed E-state index contributed by atoms with van der Waals surface area (Å²) in [5.41, 5.74) is 0.815. The van der Waals surface area contributed by atoms with Crippen LogP contribution in [0.3, 0.4) is 0 Å². The second kappa shape index (κ2) is 6.36. The van der Waals surface area contributed by atoms with Gasteiger partial charge < -0.3 is 9.47 Å². The molecule has 19 heavy (non-hydrogen) atoms. The van der Waals surface area contributed by atoms with Gasteiger partial charge >= 0.3 is 0 Å². The Kier molecular flexibility index (Phi) is 5.34. The normalized spacial score (nSPS) is 13.6. The SMILES string of the molecule is COC(C)COc1ccc(S(N)(=O)=O)cc1C(C)C. The minimum absolute atomic E-state index is 0.0297. The maximum atomic E-state index is 11.3. The van der Waals surface area contributed by atoms with Crippen LogP contribution in [0.5, 0.6) is 5.75 Å². The average Bonchev–Trinajstić information content (AvgIpc) is 2.34. The lowest BCUT2D eigenvalue weighted by molar-refractivity contribution is 0.0712. The number of ether oxygens (including phenoxy) is 2. The van der Waals surface area contributed by atoms with E-state index in [1.807, 2.05) is 20.8 Å². The molecule has 0 aliphatic rings. The van der Waals surface area contributed by atoms with E-state index >= 15 is 0 Å². The van der Waals surface area contributed by atoms with Crippen LogP contribution in [0.1, 0.15) is 32.3 Å². The summed E-state index contributed by atoms with van der Waals surface area (Å²) in [7, 11) is -2.08. The lowest BCUT2D eigenvalue weighted by Gasteiger charge is -2.17. The molecule has 0 aliphatic heterocycles. The Hall–Kier alpha value is -1.11. The van der Waals surface area contributed by atoms with Gasteiger partial charge in [-0.15, -0.1) is 0 Å². The first-order valence-corrected chi connectivity index (χ1v) is 7.62. The third-order valence-corrected chi connectivity index (χ3v) is 3.72. The van der Waals surface area contributed by atoms with Gasteiger partial charge in [-0.05, 0) is 36.6 Å². The van der Waals surface area contributed by atoms with E-state index in [9.17, 15) is 8.42 Å². The molecule has 6 heteroatoms. The molecule has 0 heterocycles. The van der Waals surface area contributed by atoms with Crippen LogP contribution in [-0.4, -0.2) is 28.2 Å². The molecule has 1 rings (SSSR count). The van der Waals surface area contributed by atoms with Gasteiger partial charge in [0, 0.05) is 7.11 Å². The summed E-state index contributed by atoms with van der Waals surface area (Å²) >= 11 is 0. The van der Waals surface area contributed by atoms with Crippen molar-refractivity contribution in [3.05, 3.63) is 23.8 Å². The lowest BCUT2D eigenvalue weighted by atomic mass is 10.0. The van der Waals surface area contributed by atoms with Gasteiger partial charge in [0.15, 0.2) is 0 Å². The quantitative estimate of drug-likeness (QED) is 0.866. The van der Waals surface area contributed by atoms with Crippen LogP contribution in [0.25, 0.3) is 0 Å². The molecule has 0 radical (unpaired) electrons. The minimum Gasteiger partial charge on any atom is -0.491 e. The molecule has 108 valence electrons. The molecule has 1 aromatic carbocycles. The largest absolute Gasteiger partial charge is 0.491 e. The Morgan fingerprint density at radius 3 is 2.37 bits per heavy atom. The summed E-state index contributed by atoms with van der Waals surface area (Å²) in [5, 5.41) is 5.13. The number of hydrogen-bond donors (Lipinski definition) is 1. The molecular weight excluding hydrogens is 266 g/mol. The molecule has 1 atom stereocenters. The van der Waals surface area contributed by atoms with E-state index in [0.717, 1.165) is 5.56 Å². The molecule has 0 amide bonds. The van der Waals surface area contributed by atoms with Crippen LogP contribution in [-0.2, 0) is 14.8 Å². The van der Waals surface area contributed by atoms with Crippen molar-refractivity contribution in [3.63, 3.8) is 0 Å². The van der Waals surface area contributed by atoms with Crippen molar-refractivity contribution in [2.24, 2.45) is 5.14 Å². The minimum atomic E-state index is -3.69. The summed E-state index contributed by atoms with van der Waals surface area (Å²) in [6.07, 6.45) is -0.0297. The van der Waals surface area contributed by atoms with Crippen molar-refractivity contribution < 1.29 is 17.9 Å². The zero-order valence-electron chi connectivity index (χ0n) is 11.7. The van der Waals surface area contributed by atoms with Crippen molar-refractivity contribution in [3.8, 4) is 5.75 Å². The third kappa shape index (κ3) is 4.49. The Balaban J connectivity index is 3.05. The predicted molar refractivity (Wildman–Crippen MR) is 73.9 cm³/mol. The van der Waals surface area contributed by atoms with E-state index in [4.69, 9.17) is 14.6 Å². The van der Waals surface area contributed by atoms with Crippen LogP contribution < -0.4 is 9.88 Å². The molecule has 0 aliphatic carbocycles. The first-order valence-electron chi connectivity index (χ1n) is 6.08. The van der Waals surface area contributed by atoms with Gasteiger partial charge in [0.1, 0.15) is 12.4 Å². The highest BCUT2D eigenvalue weighted by Crippen LogP contribution is 2.29. The number of sulfonamides is 1. The Morgan fingerprint density at radius 2 is 1.89 bits per heavy atom.